The van der Waals surface area contributed by atoms with Crippen LogP contribution >= 0.6 is 11.6 Å². The van der Waals surface area contributed by atoms with Crippen LogP contribution in [0.3, 0.4) is 0 Å². The van der Waals surface area contributed by atoms with E-state index in [1.54, 1.807) is 20.9 Å². The molecule has 0 spiro atoms. The van der Waals surface area contributed by atoms with E-state index in [1.807, 2.05) is 0 Å². The van der Waals surface area contributed by atoms with E-state index in [0.29, 0.717) is 5.56 Å². The molecular weight excluding hydrogens is 268 g/mol. The van der Waals surface area contributed by atoms with E-state index in [0.717, 1.165) is 0 Å². The van der Waals surface area contributed by atoms with Crippen LogP contribution in [-0.2, 0) is 4.79 Å². The fraction of sp³-hybridized carbons (Fsp3) is 0.385. The van der Waals surface area contributed by atoms with Crippen LogP contribution in [0.4, 0.5) is 0 Å². The zero-order chi connectivity index (χ0) is 14.6. The van der Waals surface area contributed by atoms with Crippen molar-refractivity contribution in [3.05, 3.63) is 28.8 Å². The Bertz CT molecular complexity index is 501. The van der Waals surface area contributed by atoms with Crippen molar-refractivity contribution in [1.82, 2.24) is 10.6 Å². The van der Waals surface area contributed by atoms with Gasteiger partial charge in [-0.3, -0.25) is 9.59 Å². The van der Waals surface area contributed by atoms with Crippen LogP contribution in [0.15, 0.2) is 18.2 Å². The molecular formula is C13H17ClN2O3. The molecule has 3 N–H and O–H groups in total. The summed E-state index contributed by atoms with van der Waals surface area (Å²) in [6, 6.07) is 4.18. The van der Waals surface area contributed by atoms with Gasteiger partial charge < -0.3 is 15.7 Å². The molecule has 0 fully saturated rings. The second kappa shape index (κ2) is 5.93. The number of hydrogen-bond donors (Lipinski definition) is 3. The van der Waals surface area contributed by atoms with E-state index in [9.17, 15) is 14.7 Å². The minimum Gasteiger partial charge on any atom is -0.506 e. The lowest BCUT2D eigenvalue weighted by molar-refractivity contribution is -0.128. The van der Waals surface area contributed by atoms with Crippen LogP contribution in [0.2, 0.25) is 5.02 Å². The van der Waals surface area contributed by atoms with Crippen LogP contribution in [0, 0.1) is 5.41 Å². The molecule has 6 heteroatoms. The molecule has 0 aliphatic carbocycles. The molecule has 1 rings (SSSR count). The first-order valence-corrected chi connectivity index (χ1v) is 6.14. The first kappa shape index (κ1) is 15.3. The predicted molar refractivity (Wildman–Crippen MR) is 73.3 cm³/mol. The summed E-state index contributed by atoms with van der Waals surface area (Å²) in [4.78, 5) is 23.4. The molecule has 0 aliphatic heterocycles. The summed E-state index contributed by atoms with van der Waals surface area (Å²) in [5.74, 6) is -0.584. The fourth-order valence-electron chi connectivity index (χ4n) is 1.47. The topological polar surface area (TPSA) is 78.4 Å². The number of phenols is 1. The molecule has 1 aromatic carbocycles. The Morgan fingerprint density at radius 1 is 1.37 bits per heavy atom. The highest BCUT2D eigenvalue weighted by molar-refractivity contribution is 6.32. The molecule has 0 heterocycles. The Balaban J connectivity index is 2.70. The molecule has 0 saturated heterocycles. The van der Waals surface area contributed by atoms with Gasteiger partial charge in [-0.2, -0.15) is 0 Å². The Kier molecular flexibility index (Phi) is 4.78. The van der Waals surface area contributed by atoms with Gasteiger partial charge in [0.25, 0.3) is 5.91 Å². The molecule has 0 atom stereocenters. The van der Waals surface area contributed by atoms with Crippen molar-refractivity contribution in [3.8, 4) is 5.75 Å². The van der Waals surface area contributed by atoms with E-state index >= 15 is 0 Å². The summed E-state index contributed by atoms with van der Waals surface area (Å²) < 4.78 is 0. The third kappa shape index (κ3) is 3.86. The van der Waals surface area contributed by atoms with Gasteiger partial charge in [-0.1, -0.05) is 11.6 Å². The minimum absolute atomic E-state index is 0.0797. The maximum atomic E-state index is 11.9. The third-order valence-corrected chi connectivity index (χ3v) is 3.05. The fourth-order valence-corrected chi connectivity index (χ4v) is 1.65. The lowest BCUT2D eigenvalue weighted by atomic mass is 9.92. The first-order chi connectivity index (χ1) is 8.77. The third-order valence-electron chi connectivity index (χ3n) is 2.74. The van der Waals surface area contributed by atoms with Gasteiger partial charge in [-0.15, -0.1) is 0 Å². The summed E-state index contributed by atoms with van der Waals surface area (Å²) in [6.07, 6.45) is 0. The predicted octanol–water partition coefficient (Wildman–Crippen LogP) is 1.55. The second-order valence-electron chi connectivity index (χ2n) is 4.81. The lowest BCUT2D eigenvalue weighted by Gasteiger charge is -2.22. The zero-order valence-corrected chi connectivity index (χ0v) is 11.8. The molecule has 0 bridgehead atoms. The highest BCUT2D eigenvalue weighted by atomic mass is 35.5. The minimum atomic E-state index is -0.703. The largest absolute Gasteiger partial charge is 0.506 e. The monoisotopic (exact) mass is 284 g/mol. The number of hydrogen-bond acceptors (Lipinski definition) is 3. The van der Waals surface area contributed by atoms with E-state index < -0.39 is 5.41 Å². The molecule has 19 heavy (non-hydrogen) atoms. The number of carbonyl (C=O) groups is 2. The molecule has 0 radical (unpaired) electrons. The van der Waals surface area contributed by atoms with Gasteiger partial charge in [-0.25, -0.2) is 0 Å². The molecule has 0 saturated carbocycles. The molecule has 0 unspecified atom stereocenters. The van der Waals surface area contributed by atoms with Gasteiger partial charge >= 0.3 is 0 Å². The van der Waals surface area contributed by atoms with Gasteiger partial charge in [0.15, 0.2) is 0 Å². The zero-order valence-electron chi connectivity index (χ0n) is 11.1. The maximum Gasteiger partial charge on any atom is 0.251 e. The Morgan fingerprint density at radius 3 is 2.53 bits per heavy atom. The van der Waals surface area contributed by atoms with Crippen molar-refractivity contribution in [3.63, 3.8) is 0 Å². The molecule has 2 amide bonds. The molecule has 0 aromatic heterocycles. The number of carbonyl (C=O) groups excluding carboxylic acids is 2. The Labute approximate surface area is 117 Å². The van der Waals surface area contributed by atoms with E-state index in [1.165, 1.54) is 18.2 Å². The van der Waals surface area contributed by atoms with E-state index in [-0.39, 0.29) is 29.1 Å². The number of aromatic hydroxyl groups is 1. The highest BCUT2D eigenvalue weighted by Gasteiger charge is 2.27. The summed E-state index contributed by atoms with van der Waals surface area (Å²) >= 11 is 5.73. The van der Waals surface area contributed by atoms with Crippen LogP contribution in [0.5, 0.6) is 5.75 Å². The Hall–Kier alpha value is -1.75. The standard InChI is InChI=1S/C13H17ClN2O3/c1-13(2,12(19)15-3)7-16-11(18)8-4-5-10(17)9(14)6-8/h4-6,17H,7H2,1-3H3,(H,15,19)(H,16,18). The molecule has 104 valence electrons. The van der Waals surface area contributed by atoms with Gasteiger partial charge in [0, 0.05) is 19.2 Å². The molecule has 5 nitrogen and oxygen atoms in total. The van der Waals surface area contributed by atoms with Crippen molar-refractivity contribution in [2.24, 2.45) is 5.41 Å². The van der Waals surface area contributed by atoms with Crippen molar-refractivity contribution in [2.75, 3.05) is 13.6 Å². The first-order valence-electron chi connectivity index (χ1n) is 5.77. The average Bonchev–Trinajstić information content (AvgIpc) is 2.38. The number of phenolic OH excluding ortho intramolecular Hbond substituents is 1. The lowest BCUT2D eigenvalue weighted by Crippen LogP contribution is -2.43. The normalized spacial score (nSPS) is 10.9. The van der Waals surface area contributed by atoms with Crippen molar-refractivity contribution >= 4 is 23.4 Å². The summed E-state index contributed by atoms with van der Waals surface area (Å²) in [6.45, 7) is 3.66. The summed E-state index contributed by atoms with van der Waals surface area (Å²) in [5, 5.41) is 14.6. The SMILES string of the molecule is CNC(=O)C(C)(C)CNC(=O)c1ccc(O)c(Cl)c1. The van der Waals surface area contributed by atoms with Crippen molar-refractivity contribution in [1.29, 1.82) is 0 Å². The van der Waals surface area contributed by atoms with Crippen LogP contribution in [-0.4, -0.2) is 30.5 Å². The number of nitrogens with one attached hydrogen (secondary N) is 2. The highest BCUT2D eigenvalue weighted by Crippen LogP contribution is 2.23. The summed E-state index contributed by atoms with van der Waals surface area (Å²) in [5.41, 5.74) is -0.374. The number of amides is 2. The number of halogens is 1. The second-order valence-corrected chi connectivity index (χ2v) is 5.22. The smallest absolute Gasteiger partial charge is 0.251 e. The van der Waals surface area contributed by atoms with Gasteiger partial charge in [0.2, 0.25) is 5.91 Å². The number of benzene rings is 1. The van der Waals surface area contributed by atoms with Gasteiger partial charge in [0.05, 0.1) is 10.4 Å². The van der Waals surface area contributed by atoms with Crippen LogP contribution in [0.25, 0.3) is 0 Å². The van der Waals surface area contributed by atoms with Gasteiger partial charge in [0.1, 0.15) is 5.75 Å². The van der Waals surface area contributed by atoms with Gasteiger partial charge in [-0.05, 0) is 32.0 Å². The van der Waals surface area contributed by atoms with E-state index in [4.69, 9.17) is 11.6 Å². The quantitative estimate of drug-likeness (QED) is 0.785. The molecule has 0 aliphatic rings. The molecule has 1 aromatic rings. The van der Waals surface area contributed by atoms with Crippen LogP contribution < -0.4 is 10.6 Å². The Morgan fingerprint density at radius 2 is 2.00 bits per heavy atom. The maximum absolute atomic E-state index is 11.9. The number of rotatable bonds is 4. The van der Waals surface area contributed by atoms with Crippen molar-refractivity contribution in [2.45, 2.75) is 13.8 Å². The van der Waals surface area contributed by atoms with Crippen LogP contribution in [0.1, 0.15) is 24.2 Å². The average molecular weight is 285 g/mol. The van der Waals surface area contributed by atoms with Crippen molar-refractivity contribution < 1.29 is 14.7 Å². The van der Waals surface area contributed by atoms with E-state index in [2.05, 4.69) is 10.6 Å². The summed E-state index contributed by atoms with van der Waals surface area (Å²) in [7, 11) is 1.55.